The molecule has 7 heteroatoms. The Labute approximate surface area is 150 Å². The van der Waals surface area contributed by atoms with Crippen molar-refractivity contribution in [1.82, 2.24) is 4.98 Å². The third-order valence-electron chi connectivity index (χ3n) is 2.89. The molecular formula is C15H10NNaO4S. The first-order valence-electron chi connectivity index (χ1n) is 6.13. The van der Waals surface area contributed by atoms with Crippen molar-refractivity contribution >= 4 is 10.1 Å². The maximum Gasteiger partial charge on any atom is 1.00 e. The van der Waals surface area contributed by atoms with E-state index in [0.29, 0.717) is 11.1 Å². The minimum absolute atomic E-state index is 0. The molecule has 0 aliphatic heterocycles. The van der Waals surface area contributed by atoms with E-state index in [2.05, 4.69) is 4.98 Å². The van der Waals surface area contributed by atoms with Gasteiger partial charge in [0.25, 0.3) is 0 Å². The summed E-state index contributed by atoms with van der Waals surface area (Å²) in [5.41, 5.74) is 1.09. The Morgan fingerprint density at radius 2 is 1.36 bits per heavy atom. The predicted octanol–water partition coefficient (Wildman–Crippen LogP) is -0.0833. The van der Waals surface area contributed by atoms with Crippen LogP contribution in [0.25, 0.3) is 22.8 Å². The molecule has 0 amide bonds. The monoisotopic (exact) mass is 323 g/mol. The minimum Gasteiger partial charge on any atom is -0.743 e. The fraction of sp³-hybridized carbons (Fsp3) is 0. The standard InChI is InChI=1S/C15H11NO4S.Na/c17-21(18,19)15-13(11-7-3-1-4-8-11)20-14(16-15)12-9-5-2-6-10-12;/h1-10H,(H,17,18,19);/q;+1/p-1. The average molecular weight is 323 g/mol. The van der Waals surface area contributed by atoms with E-state index in [1.807, 2.05) is 6.07 Å². The summed E-state index contributed by atoms with van der Waals surface area (Å²) in [6.45, 7) is 0. The number of hydrogen-bond donors (Lipinski definition) is 0. The van der Waals surface area contributed by atoms with Crippen molar-refractivity contribution in [2.24, 2.45) is 0 Å². The Bertz CT molecular complexity index is 861. The molecule has 0 N–H and O–H groups in total. The summed E-state index contributed by atoms with van der Waals surface area (Å²) in [7, 11) is -4.72. The van der Waals surface area contributed by atoms with Crippen LogP contribution in [0, 0.1) is 0 Å². The van der Waals surface area contributed by atoms with Crippen LogP contribution in [0.1, 0.15) is 0 Å². The van der Waals surface area contributed by atoms with Crippen LogP contribution >= 0.6 is 0 Å². The molecule has 0 unspecified atom stereocenters. The molecule has 1 heterocycles. The van der Waals surface area contributed by atoms with Crippen molar-refractivity contribution in [3.8, 4) is 22.8 Å². The summed E-state index contributed by atoms with van der Waals surface area (Å²) >= 11 is 0. The second-order valence-electron chi connectivity index (χ2n) is 4.34. The Morgan fingerprint density at radius 1 is 0.864 bits per heavy atom. The van der Waals surface area contributed by atoms with E-state index in [0.717, 1.165) is 0 Å². The van der Waals surface area contributed by atoms with Crippen LogP contribution in [0.3, 0.4) is 0 Å². The molecule has 5 nitrogen and oxygen atoms in total. The summed E-state index contributed by atoms with van der Waals surface area (Å²) in [5, 5.41) is -0.590. The van der Waals surface area contributed by atoms with Gasteiger partial charge in [0.2, 0.25) is 5.89 Å². The number of aromatic nitrogens is 1. The average Bonchev–Trinajstić information content (AvgIpc) is 2.94. The van der Waals surface area contributed by atoms with Crippen LogP contribution in [0.2, 0.25) is 0 Å². The predicted molar refractivity (Wildman–Crippen MR) is 75.3 cm³/mol. The first-order chi connectivity index (χ1) is 10.1. The summed E-state index contributed by atoms with van der Waals surface area (Å²) in [6, 6.07) is 17.3. The topological polar surface area (TPSA) is 83.2 Å². The van der Waals surface area contributed by atoms with Crippen LogP contribution in [0.15, 0.2) is 70.1 Å². The molecule has 0 aliphatic carbocycles. The zero-order valence-corrected chi connectivity index (χ0v) is 14.6. The molecule has 0 saturated heterocycles. The fourth-order valence-electron chi connectivity index (χ4n) is 1.95. The molecule has 0 spiro atoms. The number of nitrogens with zero attached hydrogens (tertiary/aromatic N) is 1. The van der Waals surface area contributed by atoms with Gasteiger partial charge < -0.3 is 8.97 Å². The zero-order valence-electron chi connectivity index (χ0n) is 11.8. The number of rotatable bonds is 3. The van der Waals surface area contributed by atoms with Crippen molar-refractivity contribution in [1.29, 1.82) is 0 Å². The maximum absolute atomic E-state index is 11.4. The molecule has 106 valence electrons. The van der Waals surface area contributed by atoms with E-state index in [4.69, 9.17) is 4.42 Å². The third-order valence-corrected chi connectivity index (χ3v) is 3.64. The normalized spacial score (nSPS) is 11.0. The molecule has 3 aromatic rings. The zero-order chi connectivity index (χ0) is 14.9. The summed E-state index contributed by atoms with van der Waals surface area (Å²) in [4.78, 5) is 3.86. The molecule has 22 heavy (non-hydrogen) atoms. The first-order valence-corrected chi connectivity index (χ1v) is 7.54. The number of oxazole rings is 1. The van der Waals surface area contributed by atoms with Crippen LogP contribution in [-0.2, 0) is 10.1 Å². The van der Waals surface area contributed by atoms with Crippen molar-refractivity contribution in [3.05, 3.63) is 60.7 Å². The van der Waals surface area contributed by atoms with Gasteiger partial charge in [0.05, 0.1) is 0 Å². The molecule has 1 aromatic heterocycles. The smallest absolute Gasteiger partial charge is 0.743 e. The Balaban J connectivity index is 0.00000176. The van der Waals surface area contributed by atoms with Gasteiger partial charge in [-0.15, -0.1) is 0 Å². The van der Waals surface area contributed by atoms with Crippen LogP contribution in [-0.4, -0.2) is 18.0 Å². The largest absolute Gasteiger partial charge is 1.00 e. The van der Waals surface area contributed by atoms with Gasteiger partial charge in [-0.3, -0.25) is 0 Å². The van der Waals surface area contributed by atoms with Crippen molar-refractivity contribution in [2.45, 2.75) is 5.03 Å². The van der Waals surface area contributed by atoms with Crippen molar-refractivity contribution < 1.29 is 46.9 Å². The molecule has 0 aliphatic rings. The summed E-state index contributed by atoms with van der Waals surface area (Å²) < 4.78 is 39.7. The van der Waals surface area contributed by atoms with Gasteiger partial charge in [-0.2, -0.15) is 4.98 Å². The summed E-state index contributed by atoms with van der Waals surface area (Å²) in [6.07, 6.45) is 0. The fourth-order valence-corrected chi connectivity index (χ4v) is 2.53. The number of hydrogen-bond acceptors (Lipinski definition) is 5. The van der Waals surface area contributed by atoms with Crippen molar-refractivity contribution in [2.75, 3.05) is 0 Å². The minimum atomic E-state index is -4.72. The van der Waals surface area contributed by atoms with E-state index in [9.17, 15) is 13.0 Å². The van der Waals surface area contributed by atoms with E-state index >= 15 is 0 Å². The Kier molecular flexibility index (Phi) is 5.20. The first kappa shape index (κ1) is 16.9. The Morgan fingerprint density at radius 3 is 1.86 bits per heavy atom. The van der Waals surface area contributed by atoms with Crippen molar-refractivity contribution in [3.63, 3.8) is 0 Å². The summed E-state index contributed by atoms with van der Waals surface area (Å²) in [5.74, 6) is 0.0633. The third kappa shape index (κ3) is 3.48. The van der Waals surface area contributed by atoms with Gasteiger partial charge in [-0.25, -0.2) is 8.42 Å². The van der Waals surface area contributed by atoms with Crippen LogP contribution in [0.5, 0.6) is 0 Å². The second kappa shape index (κ2) is 6.76. The van der Waals surface area contributed by atoms with E-state index in [1.165, 1.54) is 0 Å². The molecule has 0 fully saturated rings. The molecule has 0 bridgehead atoms. The molecule has 2 aromatic carbocycles. The van der Waals surface area contributed by atoms with Gasteiger partial charge in [0.1, 0.15) is 10.1 Å². The molecule has 0 atom stereocenters. The SMILES string of the molecule is O=S(=O)([O-])c1nc(-c2ccccc2)oc1-c1ccccc1.[Na+]. The van der Waals surface area contributed by atoms with Gasteiger partial charge in [0, 0.05) is 11.1 Å². The van der Waals surface area contributed by atoms with Crippen LogP contribution < -0.4 is 29.6 Å². The molecular weight excluding hydrogens is 313 g/mol. The molecule has 0 saturated carbocycles. The molecule has 0 radical (unpaired) electrons. The van der Waals surface area contributed by atoms with E-state index in [-0.39, 0.29) is 41.2 Å². The second-order valence-corrected chi connectivity index (χ2v) is 5.63. The van der Waals surface area contributed by atoms with Gasteiger partial charge in [-0.1, -0.05) is 48.5 Å². The van der Waals surface area contributed by atoms with Gasteiger partial charge >= 0.3 is 29.6 Å². The quantitative estimate of drug-likeness (QED) is 0.497. The van der Waals surface area contributed by atoms with E-state index in [1.54, 1.807) is 54.6 Å². The Hall–Kier alpha value is -1.44. The molecule has 3 rings (SSSR count). The number of benzene rings is 2. The van der Waals surface area contributed by atoms with Gasteiger partial charge in [0.15, 0.2) is 10.8 Å². The van der Waals surface area contributed by atoms with Gasteiger partial charge in [-0.05, 0) is 12.1 Å². The van der Waals surface area contributed by atoms with E-state index < -0.39 is 15.1 Å². The maximum atomic E-state index is 11.4. The van der Waals surface area contributed by atoms with Crippen LogP contribution in [0.4, 0.5) is 0 Å².